The molecule has 1 amide bonds. The molecule has 9 nitrogen and oxygen atoms in total. The van der Waals surface area contributed by atoms with Crippen molar-refractivity contribution in [2.45, 2.75) is 49.7 Å². The fourth-order valence-electron chi connectivity index (χ4n) is 5.32. The normalized spacial score (nSPS) is 21.5. The van der Waals surface area contributed by atoms with E-state index >= 15 is 0 Å². The van der Waals surface area contributed by atoms with Crippen LogP contribution in [0, 0.1) is 0 Å². The Bertz CT molecular complexity index is 1480. The highest BCUT2D eigenvalue weighted by Crippen LogP contribution is 2.46. The average Bonchev–Trinajstić information content (AvgIpc) is 3.32. The second-order valence-corrected chi connectivity index (χ2v) is 11.1. The molecule has 2 aromatic heterocycles. The second-order valence-electron chi connectivity index (χ2n) is 10.3. The minimum Gasteiger partial charge on any atom is -0.495 e. The molecule has 0 radical (unpaired) electrons. The van der Waals surface area contributed by atoms with Crippen LogP contribution in [-0.2, 0) is 9.53 Å². The molecule has 13 heteroatoms. The largest absolute Gasteiger partial charge is 0.495 e. The van der Waals surface area contributed by atoms with Crippen LogP contribution >= 0.6 is 23.2 Å². The lowest BCUT2D eigenvalue weighted by atomic mass is 10.0. The highest BCUT2D eigenvalue weighted by atomic mass is 35.5. The number of ether oxygens (including phenoxy) is 3. The first-order valence-corrected chi connectivity index (χ1v) is 14.2. The number of methoxy groups -OCH3 is 2. The lowest BCUT2D eigenvalue weighted by molar-refractivity contribution is -0.117. The van der Waals surface area contributed by atoms with Crippen molar-refractivity contribution in [2.75, 3.05) is 38.1 Å². The molecule has 1 saturated heterocycles. The van der Waals surface area contributed by atoms with Crippen LogP contribution in [0.2, 0.25) is 10.0 Å². The number of hydrogen-bond acceptors (Lipinski definition) is 8. The third-order valence-corrected chi connectivity index (χ3v) is 8.24. The van der Waals surface area contributed by atoms with Gasteiger partial charge >= 0.3 is 0 Å². The molecule has 224 valence electrons. The third kappa shape index (κ3) is 6.33. The maximum Gasteiger partial charge on any atom is 0.250 e. The molecule has 42 heavy (non-hydrogen) atoms. The van der Waals surface area contributed by atoms with E-state index in [1.54, 1.807) is 24.4 Å². The number of amides is 1. The van der Waals surface area contributed by atoms with E-state index < -0.39 is 12.0 Å². The first-order chi connectivity index (χ1) is 20.1. The molecular formula is C29H31Cl2F2N5O4. The number of carbonyl (C=O) groups excluding carboxylic acids is 1. The monoisotopic (exact) mass is 621 g/mol. The Morgan fingerprint density at radius 3 is 2.50 bits per heavy atom. The topological polar surface area (TPSA) is 107 Å². The zero-order valence-electron chi connectivity index (χ0n) is 23.1. The van der Waals surface area contributed by atoms with Gasteiger partial charge < -0.3 is 30.2 Å². The Morgan fingerprint density at radius 2 is 1.86 bits per heavy atom. The quantitative estimate of drug-likeness (QED) is 0.246. The first kappa shape index (κ1) is 30.1. The van der Waals surface area contributed by atoms with Gasteiger partial charge in [-0.05, 0) is 31.1 Å². The Balaban J connectivity index is 1.57. The van der Waals surface area contributed by atoms with E-state index in [4.69, 9.17) is 42.4 Å². The van der Waals surface area contributed by atoms with Crippen molar-refractivity contribution >= 4 is 51.5 Å². The van der Waals surface area contributed by atoms with Crippen molar-refractivity contribution in [1.82, 2.24) is 15.3 Å². The van der Waals surface area contributed by atoms with E-state index in [1.807, 2.05) is 0 Å². The highest BCUT2D eigenvalue weighted by molar-refractivity contribution is 6.41. The summed E-state index contributed by atoms with van der Waals surface area (Å²) in [5.74, 6) is -1.47. The number of nitrogens with one attached hydrogen (secondary N) is 3. The van der Waals surface area contributed by atoms with E-state index in [9.17, 15) is 13.6 Å². The van der Waals surface area contributed by atoms with E-state index in [0.717, 1.165) is 0 Å². The SMILES string of the molecule is C=CC(=O)NC1CCOCC1Nc1cc2c(NC3CCC(F)(F)C3)nc(-c3c(Cl)c(OC)cc(OC)c3Cl)cc2cn1. The number of alkyl halides is 2. The van der Waals surface area contributed by atoms with Crippen LogP contribution in [0.5, 0.6) is 11.5 Å². The number of anilines is 2. The third-order valence-electron chi connectivity index (χ3n) is 7.49. The van der Waals surface area contributed by atoms with Gasteiger partial charge in [0.15, 0.2) is 0 Å². The van der Waals surface area contributed by atoms with Crippen molar-refractivity contribution in [3.63, 3.8) is 0 Å². The van der Waals surface area contributed by atoms with Crippen LogP contribution in [0.15, 0.2) is 37.1 Å². The van der Waals surface area contributed by atoms with Crippen molar-refractivity contribution in [3.8, 4) is 22.8 Å². The van der Waals surface area contributed by atoms with E-state index in [1.165, 1.54) is 20.3 Å². The summed E-state index contributed by atoms with van der Waals surface area (Å²) < 4.78 is 44.7. The average molecular weight is 623 g/mol. The van der Waals surface area contributed by atoms with Crippen molar-refractivity contribution in [2.24, 2.45) is 0 Å². The Hall–Kier alpha value is -3.41. The van der Waals surface area contributed by atoms with E-state index in [-0.39, 0.29) is 47.3 Å². The van der Waals surface area contributed by atoms with Crippen LogP contribution in [0.3, 0.4) is 0 Å². The molecule has 0 spiro atoms. The first-order valence-electron chi connectivity index (χ1n) is 13.4. The van der Waals surface area contributed by atoms with E-state index in [0.29, 0.717) is 64.8 Å². The van der Waals surface area contributed by atoms with Gasteiger partial charge in [0.2, 0.25) is 11.8 Å². The molecule has 1 aromatic carbocycles. The van der Waals surface area contributed by atoms with Gasteiger partial charge in [0.1, 0.15) is 23.1 Å². The number of aromatic nitrogens is 2. The zero-order valence-corrected chi connectivity index (χ0v) is 24.6. The molecule has 3 atom stereocenters. The molecule has 0 bridgehead atoms. The maximum absolute atomic E-state index is 14.1. The van der Waals surface area contributed by atoms with Gasteiger partial charge in [-0.1, -0.05) is 29.8 Å². The molecule has 5 rings (SSSR count). The summed E-state index contributed by atoms with van der Waals surface area (Å²) in [5.41, 5.74) is 0.760. The zero-order chi connectivity index (χ0) is 30.0. The van der Waals surface area contributed by atoms with Crippen molar-refractivity contribution in [1.29, 1.82) is 0 Å². The molecule has 2 fully saturated rings. The summed E-state index contributed by atoms with van der Waals surface area (Å²) in [4.78, 5) is 21.4. The number of carbonyl (C=O) groups is 1. The molecule has 3 unspecified atom stereocenters. The molecule has 1 aliphatic carbocycles. The number of fused-ring (bicyclic) bond motifs is 1. The fourth-order valence-corrected chi connectivity index (χ4v) is 6.02. The van der Waals surface area contributed by atoms with Crippen LogP contribution < -0.4 is 25.4 Å². The van der Waals surface area contributed by atoms with Gasteiger partial charge in [-0.3, -0.25) is 4.79 Å². The predicted octanol–water partition coefficient (Wildman–Crippen LogP) is 6.09. The molecule has 3 aromatic rings. The van der Waals surface area contributed by atoms with Crippen LogP contribution in [0.25, 0.3) is 22.0 Å². The summed E-state index contributed by atoms with van der Waals surface area (Å²) in [6.45, 7) is 4.39. The summed E-state index contributed by atoms with van der Waals surface area (Å²) in [7, 11) is 2.95. The molecule has 3 N–H and O–H groups in total. The number of hydrogen-bond donors (Lipinski definition) is 3. The predicted molar refractivity (Wildman–Crippen MR) is 159 cm³/mol. The summed E-state index contributed by atoms with van der Waals surface area (Å²) >= 11 is 13.4. The van der Waals surface area contributed by atoms with Crippen molar-refractivity contribution < 1.29 is 27.8 Å². The lowest BCUT2D eigenvalue weighted by Crippen LogP contribution is -2.52. The summed E-state index contributed by atoms with van der Waals surface area (Å²) in [6.07, 6.45) is 3.26. The number of nitrogens with zero attached hydrogens (tertiary/aromatic N) is 2. The van der Waals surface area contributed by atoms with Crippen LogP contribution in [0.1, 0.15) is 25.7 Å². The number of halogens is 4. The van der Waals surface area contributed by atoms with Gasteiger partial charge in [0.05, 0.1) is 48.6 Å². The van der Waals surface area contributed by atoms with Crippen molar-refractivity contribution in [3.05, 3.63) is 47.1 Å². The van der Waals surface area contributed by atoms with Gasteiger partial charge in [-0.15, -0.1) is 0 Å². The van der Waals surface area contributed by atoms with E-state index in [2.05, 4.69) is 27.5 Å². The number of benzene rings is 1. The minimum absolute atomic E-state index is 0.201. The fraction of sp³-hybridized carbons (Fsp3) is 0.414. The standard InChI is InChI=1S/C29H31Cl2F2N5O4/c1-4-24(39)37-18-6-8-42-14-20(18)36-23-10-17-15(13-34-23)9-19(38-28(17)35-16-5-7-29(32,33)12-16)25-26(30)21(40-2)11-22(41-3)27(25)31/h4,9-11,13,16,18,20H,1,5-8,12,14H2,2-3H3,(H,34,36)(H,35,38)(H,37,39). The molecule has 2 aliphatic rings. The van der Waals surface area contributed by atoms with Crippen LogP contribution in [0.4, 0.5) is 20.4 Å². The highest BCUT2D eigenvalue weighted by Gasteiger charge is 2.39. The molecule has 3 heterocycles. The maximum atomic E-state index is 14.1. The number of rotatable bonds is 9. The van der Waals surface area contributed by atoms with Gasteiger partial charge in [0.25, 0.3) is 0 Å². The minimum atomic E-state index is -2.75. The summed E-state index contributed by atoms with van der Waals surface area (Å²) in [6, 6.07) is 4.18. The second kappa shape index (κ2) is 12.4. The molecule has 1 aliphatic heterocycles. The van der Waals surface area contributed by atoms with Crippen LogP contribution in [-0.4, -0.2) is 67.4 Å². The number of pyridine rings is 2. The molecular weight excluding hydrogens is 591 g/mol. The van der Waals surface area contributed by atoms with Gasteiger partial charge in [-0.2, -0.15) is 0 Å². The molecule has 1 saturated carbocycles. The van der Waals surface area contributed by atoms with Gasteiger partial charge in [0, 0.05) is 54.1 Å². The lowest BCUT2D eigenvalue weighted by Gasteiger charge is -2.32. The summed E-state index contributed by atoms with van der Waals surface area (Å²) in [5, 5.41) is 11.3. The van der Waals surface area contributed by atoms with Gasteiger partial charge in [-0.25, -0.2) is 18.7 Å². The Morgan fingerprint density at radius 1 is 1.12 bits per heavy atom. The smallest absolute Gasteiger partial charge is 0.250 e. The Labute approximate surface area is 251 Å². The Kier molecular flexibility index (Phi) is 8.91.